The standard InChI is InChI=1S/C35H34N6O4S.C33H30N6O2S.C31H24ClFN6O4S/c1-44-28-21-25(12-15-27(28)45-19-18-40-16-6-3-7-17-40)38-33(42)31-30-29-32(36-22-37-34(29)46-31)41(35(43)39-30)26-13-10-24(11-14-26)20-23-8-4-2-5-9-23;40-31(36-25-13-9-24(10-14-25)20-38-17-5-2-6-18-38)29-28-27-30(34-21-35-32(27)42-29)39(33(41)37-28)26-15-11-23(12-16-26)19-22-7-3-1-4-8-22;32-23-15-21(8-9-24(23)43-22-3-1-2-19(33)14-22)39-28-25-26(37-31(39)41)27(44-30(25)35-17-34-28)29(40)36-20-6-4-18(5-7-20)16-38-10-12-42-13-11-38/h2,4-5,8-15,21-22H,3,6-7,16-20H2,1H3,(H,38,42)(H,39,43);1,3-4,7-16,21H,2,5-6,17-20H2,(H,36,40)(H,37,41);1-9,14-15,17H,10-13,16H2,(H,36,40)(H,37,41). The number of benzene rings is 9. The number of rotatable bonds is 24. The minimum atomic E-state index is -0.521. The highest BCUT2D eigenvalue weighted by molar-refractivity contribution is 7.22. The molecule has 9 amide bonds. The van der Waals surface area contributed by atoms with Crippen LogP contribution in [0.2, 0.25) is 5.02 Å². The van der Waals surface area contributed by atoms with E-state index >= 15 is 0 Å². The zero-order chi connectivity index (χ0) is 90.1. The van der Waals surface area contributed by atoms with Gasteiger partial charge in [0.05, 0.1) is 75.6 Å². The lowest BCUT2D eigenvalue weighted by atomic mass is 10.0. The SMILES string of the molecule is COc1cc(NC(=O)c2sc3ncnc4c3c2NC(=O)N4c2ccc(Cc3ccccc3)cc2)ccc1OCCN1CCCCC1.O=C(Nc1ccc(CN2CCCCC2)cc1)c1sc2ncnc3c2c1NC(=O)N3c1ccc(Cc2ccccc2)cc1.O=C(Nc1ccc(CN2CCOCC2)cc1)c1sc2ncnc3c2c1NC(=O)N3c1ccc(Oc2cccc(F)c2)c(Cl)c1. The van der Waals surface area contributed by atoms with E-state index < -0.39 is 17.9 Å². The summed E-state index contributed by atoms with van der Waals surface area (Å²) in [4.78, 5) is 122. The van der Waals surface area contributed by atoms with Crippen LogP contribution >= 0.6 is 45.6 Å². The maximum atomic E-state index is 13.6. The Morgan fingerprint density at radius 3 is 1.29 bits per heavy atom. The quantitative estimate of drug-likeness (QED) is 0.0327. The van der Waals surface area contributed by atoms with Gasteiger partial charge in [0, 0.05) is 61.9 Å². The Balaban J connectivity index is 0.000000128. The Morgan fingerprint density at radius 2 is 0.833 bits per heavy atom. The fourth-order valence-electron chi connectivity index (χ4n) is 16.8. The summed E-state index contributed by atoms with van der Waals surface area (Å²) >= 11 is 10.1. The molecule has 0 unspecified atom stereocenters. The number of nitrogens with zero attached hydrogens (tertiary/aromatic N) is 12. The zero-order valence-electron chi connectivity index (χ0n) is 71.6. The van der Waals surface area contributed by atoms with E-state index in [0.717, 1.165) is 113 Å². The fourth-order valence-corrected chi connectivity index (χ4v) is 20.0. The molecule has 3 saturated heterocycles. The molecule has 0 atom stereocenters. The highest BCUT2D eigenvalue weighted by Crippen LogP contribution is 2.50. The second-order valence-electron chi connectivity index (χ2n) is 32.3. The molecule has 33 heteroatoms. The number of amides is 9. The van der Waals surface area contributed by atoms with Crippen LogP contribution in [0.1, 0.15) is 101 Å². The maximum absolute atomic E-state index is 13.6. The third-order valence-corrected chi connectivity index (χ3v) is 27.0. The van der Waals surface area contributed by atoms with Crippen molar-refractivity contribution in [3.05, 3.63) is 296 Å². The van der Waals surface area contributed by atoms with Crippen LogP contribution in [0.4, 0.5) is 87.4 Å². The van der Waals surface area contributed by atoms with Crippen molar-refractivity contribution in [1.29, 1.82) is 0 Å². The van der Waals surface area contributed by atoms with Crippen LogP contribution in [0.3, 0.4) is 0 Å². The molecule has 0 saturated carbocycles. The molecule has 6 N–H and O–H groups in total. The Morgan fingerprint density at radius 1 is 0.424 bits per heavy atom. The minimum absolute atomic E-state index is 0.206. The zero-order valence-corrected chi connectivity index (χ0v) is 74.8. The fraction of sp³-hybridized carbons (Fsp3) is 0.212. The second-order valence-corrected chi connectivity index (χ2v) is 35.7. The number of piperidine rings is 2. The maximum Gasteiger partial charge on any atom is 0.332 e. The van der Waals surface area contributed by atoms with Crippen LogP contribution < -0.4 is 60.8 Å². The van der Waals surface area contributed by atoms with Gasteiger partial charge in [-0.25, -0.2) is 63.4 Å². The molecule has 15 aromatic rings. The van der Waals surface area contributed by atoms with Gasteiger partial charge in [0.1, 0.15) is 72.0 Å². The first-order valence-electron chi connectivity index (χ1n) is 43.4. The number of hydrogen-bond donors (Lipinski definition) is 6. The van der Waals surface area contributed by atoms with Gasteiger partial charge >= 0.3 is 18.1 Å². The van der Waals surface area contributed by atoms with Crippen molar-refractivity contribution in [2.45, 2.75) is 64.5 Å². The minimum Gasteiger partial charge on any atom is -0.493 e. The summed E-state index contributed by atoms with van der Waals surface area (Å²) in [5, 5.41) is 19.6. The van der Waals surface area contributed by atoms with Crippen LogP contribution in [-0.4, -0.2) is 153 Å². The van der Waals surface area contributed by atoms with Crippen molar-refractivity contribution < 1.29 is 52.1 Å². The Kier molecular flexibility index (Phi) is 26.1. The molecule has 132 heavy (non-hydrogen) atoms. The molecule has 12 heterocycles. The number of morpholine rings is 1. The Bertz CT molecular complexity index is 6800. The predicted molar refractivity (Wildman–Crippen MR) is 516 cm³/mol. The lowest BCUT2D eigenvalue weighted by molar-refractivity contribution is 0.0342. The van der Waals surface area contributed by atoms with Gasteiger partial charge in [-0.15, -0.1) is 34.0 Å². The van der Waals surface area contributed by atoms with E-state index in [9.17, 15) is 33.2 Å². The van der Waals surface area contributed by atoms with Crippen LogP contribution in [0, 0.1) is 5.82 Å². The van der Waals surface area contributed by atoms with Gasteiger partial charge in [0.25, 0.3) is 17.7 Å². The predicted octanol–water partition coefficient (Wildman–Crippen LogP) is 21.3. The molecular weight excluding hydrogens is 1750 g/mol. The number of anilines is 12. The van der Waals surface area contributed by atoms with Gasteiger partial charge < -0.3 is 50.8 Å². The second kappa shape index (κ2) is 39.6. The number of carbonyl (C=O) groups is 6. The van der Waals surface area contributed by atoms with Crippen molar-refractivity contribution >= 4 is 181 Å². The van der Waals surface area contributed by atoms with Crippen LogP contribution in [0.25, 0.3) is 30.6 Å². The average molecular weight is 1840 g/mol. The number of halogens is 2. The third-order valence-electron chi connectivity index (χ3n) is 23.4. The molecule has 0 aliphatic carbocycles. The van der Waals surface area contributed by atoms with Crippen molar-refractivity contribution in [2.24, 2.45) is 0 Å². The normalized spacial score (nSPS) is 14.8. The molecule has 0 bridgehead atoms. The Hall–Kier alpha value is -14.2. The summed E-state index contributed by atoms with van der Waals surface area (Å²) in [6, 6.07) is 66.4. The van der Waals surface area contributed by atoms with Crippen molar-refractivity contribution in [1.82, 2.24) is 44.6 Å². The van der Waals surface area contributed by atoms with E-state index in [2.05, 4.69) is 113 Å². The molecule has 6 aromatic heterocycles. The average Bonchev–Trinajstić information content (AvgIpc) is 1.56. The van der Waals surface area contributed by atoms with E-state index in [0.29, 0.717) is 132 Å². The molecule has 0 spiro atoms. The van der Waals surface area contributed by atoms with Crippen LogP contribution in [0.5, 0.6) is 23.0 Å². The van der Waals surface area contributed by atoms with E-state index in [-0.39, 0.29) is 40.3 Å². The first kappa shape index (κ1) is 87.1. The monoisotopic (exact) mass is 1840 g/mol. The van der Waals surface area contributed by atoms with Crippen molar-refractivity contribution in [3.63, 3.8) is 0 Å². The van der Waals surface area contributed by atoms with Gasteiger partial charge in [-0.1, -0.05) is 140 Å². The number of hydrogen-bond acceptors (Lipinski definition) is 22. The molecule has 6 aliphatic heterocycles. The highest BCUT2D eigenvalue weighted by Gasteiger charge is 2.38. The number of thiophene rings is 3. The number of aromatic nitrogens is 6. The lowest BCUT2D eigenvalue weighted by Crippen LogP contribution is -2.35. The van der Waals surface area contributed by atoms with Gasteiger partial charge in [-0.3, -0.25) is 29.1 Å². The van der Waals surface area contributed by atoms with E-state index in [4.69, 9.17) is 30.5 Å². The van der Waals surface area contributed by atoms with Crippen LogP contribution in [0.15, 0.2) is 237 Å². The first-order valence-corrected chi connectivity index (χ1v) is 46.3. The van der Waals surface area contributed by atoms with E-state index in [1.54, 1.807) is 54.5 Å². The summed E-state index contributed by atoms with van der Waals surface area (Å²) in [5.74, 6) is 1.46. The van der Waals surface area contributed by atoms with E-state index in [1.807, 2.05) is 121 Å². The van der Waals surface area contributed by atoms with E-state index in [1.165, 1.54) is 125 Å². The Labute approximate surface area is 775 Å². The summed E-state index contributed by atoms with van der Waals surface area (Å²) in [6.45, 7) is 10.9. The van der Waals surface area contributed by atoms with Gasteiger partial charge in [-0.2, -0.15) is 0 Å². The van der Waals surface area contributed by atoms with Gasteiger partial charge in [-0.05, 0) is 189 Å². The van der Waals surface area contributed by atoms with Crippen molar-refractivity contribution in [3.8, 4) is 23.0 Å². The molecule has 28 nitrogen and oxygen atoms in total. The van der Waals surface area contributed by atoms with Crippen molar-refractivity contribution in [2.75, 3.05) is 119 Å². The summed E-state index contributed by atoms with van der Waals surface area (Å²) in [7, 11) is 1.58. The number of nitrogens with one attached hydrogen (secondary N) is 6. The molecule has 666 valence electrons. The molecule has 0 radical (unpaired) electrons. The topological polar surface area (TPSA) is 308 Å². The first-order chi connectivity index (χ1) is 64.6. The number of carbonyl (C=O) groups excluding carboxylic acids is 6. The molecular formula is C99H88ClFN18O10S3. The summed E-state index contributed by atoms with van der Waals surface area (Å²) in [5.41, 5.74) is 11.9. The number of methoxy groups -OCH3 is 1. The smallest absolute Gasteiger partial charge is 0.332 e. The number of ether oxygens (including phenoxy) is 4. The number of urea groups is 3. The molecule has 21 rings (SSSR count). The van der Waals surface area contributed by atoms with Gasteiger partial charge in [0.15, 0.2) is 29.0 Å². The summed E-state index contributed by atoms with van der Waals surface area (Å²) < 4.78 is 36.3. The molecule has 3 fully saturated rings. The largest absolute Gasteiger partial charge is 0.493 e. The highest BCUT2D eigenvalue weighted by atomic mass is 35.5. The van der Waals surface area contributed by atoms with Gasteiger partial charge in [0.2, 0.25) is 0 Å². The molecule has 6 aliphatic rings. The third kappa shape index (κ3) is 19.5. The lowest BCUT2D eigenvalue weighted by Gasteiger charge is -2.27. The molecule has 9 aromatic carbocycles. The number of likely N-dealkylation sites (tertiary alicyclic amines) is 2. The van der Waals surface area contributed by atoms with Crippen LogP contribution in [-0.2, 0) is 30.7 Å². The summed E-state index contributed by atoms with van der Waals surface area (Å²) in [6.07, 6.45) is 13.4.